The fourth-order valence-electron chi connectivity index (χ4n) is 5.98. The molecular formula is C27H34N6O. The largest absolute Gasteiger partial charge is 0.385 e. The van der Waals surface area contributed by atoms with Gasteiger partial charge >= 0.3 is 0 Å². The monoisotopic (exact) mass is 458 g/mol. The first kappa shape index (κ1) is 21.4. The lowest BCUT2D eigenvalue weighted by Crippen LogP contribution is -2.39. The molecule has 7 nitrogen and oxygen atoms in total. The molecule has 34 heavy (non-hydrogen) atoms. The third-order valence-corrected chi connectivity index (χ3v) is 7.78. The van der Waals surface area contributed by atoms with E-state index in [-0.39, 0.29) is 11.9 Å². The lowest BCUT2D eigenvalue weighted by molar-refractivity contribution is 0.0604. The number of amides is 1. The maximum atomic E-state index is 13.8. The number of nitrogens with one attached hydrogen (secondary N) is 1. The van der Waals surface area contributed by atoms with Crippen LogP contribution in [0.25, 0.3) is 5.65 Å². The second kappa shape index (κ2) is 8.60. The van der Waals surface area contributed by atoms with Crippen LogP contribution in [0.5, 0.6) is 0 Å². The maximum absolute atomic E-state index is 13.8. The summed E-state index contributed by atoms with van der Waals surface area (Å²) >= 11 is 0. The molecule has 0 saturated carbocycles. The molecule has 2 atom stereocenters. The molecule has 1 N–H and O–H groups in total. The van der Waals surface area contributed by atoms with Gasteiger partial charge in [0.25, 0.3) is 5.91 Å². The number of aromatic nitrogens is 3. The van der Waals surface area contributed by atoms with Crippen LogP contribution < -0.4 is 10.2 Å². The highest BCUT2D eigenvalue weighted by Gasteiger charge is 2.32. The summed E-state index contributed by atoms with van der Waals surface area (Å²) in [6, 6.07) is 8.18. The SMILES string of the molecule is Cc1cn2nc([C@@H]3CCCCN3C(=O)c3cccc4c3CCCN4)cc2nc1N1CC[C@H](C)C1. The summed E-state index contributed by atoms with van der Waals surface area (Å²) in [5.74, 6) is 1.92. The third kappa shape index (κ3) is 3.71. The van der Waals surface area contributed by atoms with Gasteiger partial charge in [-0.05, 0) is 69.1 Å². The van der Waals surface area contributed by atoms with E-state index in [9.17, 15) is 4.79 Å². The van der Waals surface area contributed by atoms with Crippen LogP contribution in [0.1, 0.15) is 72.2 Å². The van der Waals surface area contributed by atoms with Gasteiger partial charge in [0.1, 0.15) is 5.82 Å². The molecule has 2 fully saturated rings. The average molecular weight is 459 g/mol. The van der Waals surface area contributed by atoms with Gasteiger partial charge in [-0.15, -0.1) is 0 Å². The second-order valence-corrected chi connectivity index (χ2v) is 10.3. The van der Waals surface area contributed by atoms with Gasteiger partial charge < -0.3 is 15.1 Å². The van der Waals surface area contributed by atoms with Crippen LogP contribution >= 0.6 is 0 Å². The zero-order valence-corrected chi connectivity index (χ0v) is 20.3. The zero-order valence-electron chi connectivity index (χ0n) is 20.3. The number of benzene rings is 1. The molecular weight excluding hydrogens is 424 g/mol. The summed E-state index contributed by atoms with van der Waals surface area (Å²) in [4.78, 5) is 23.3. The summed E-state index contributed by atoms with van der Waals surface area (Å²) in [5, 5.41) is 8.38. The van der Waals surface area contributed by atoms with Gasteiger partial charge in [-0.3, -0.25) is 4.79 Å². The van der Waals surface area contributed by atoms with Crippen molar-refractivity contribution >= 4 is 23.1 Å². The van der Waals surface area contributed by atoms with Gasteiger partial charge in [0.15, 0.2) is 5.65 Å². The van der Waals surface area contributed by atoms with E-state index >= 15 is 0 Å². The van der Waals surface area contributed by atoms with E-state index in [1.54, 1.807) is 0 Å². The lowest BCUT2D eigenvalue weighted by Gasteiger charge is -2.35. The number of aryl methyl sites for hydroxylation is 1. The van der Waals surface area contributed by atoms with E-state index in [2.05, 4.69) is 47.3 Å². The Kier molecular flexibility index (Phi) is 5.42. The number of fused-ring (bicyclic) bond motifs is 2. The van der Waals surface area contributed by atoms with Crippen molar-refractivity contribution in [2.24, 2.45) is 5.92 Å². The summed E-state index contributed by atoms with van der Waals surface area (Å²) in [6.45, 7) is 8.30. The molecule has 2 saturated heterocycles. The number of hydrogen-bond acceptors (Lipinski definition) is 5. The number of rotatable bonds is 3. The fourth-order valence-corrected chi connectivity index (χ4v) is 5.98. The van der Waals surface area contributed by atoms with Crippen molar-refractivity contribution in [1.29, 1.82) is 0 Å². The molecule has 7 heteroatoms. The Balaban J connectivity index is 1.33. The molecule has 178 valence electrons. The number of likely N-dealkylation sites (tertiary alicyclic amines) is 1. The maximum Gasteiger partial charge on any atom is 0.254 e. The summed E-state index contributed by atoms with van der Waals surface area (Å²) < 4.78 is 1.90. The number of nitrogens with zero attached hydrogens (tertiary/aromatic N) is 5. The fraction of sp³-hybridized carbons (Fsp3) is 0.519. The Morgan fingerprint density at radius 1 is 1.15 bits per heavy atom. The normalized spacial score (nSPS) is 22.6. The van der Waals surface area contributed by atoms with Crippen LogP contribution in [0.2, 0.25) is 0 Å². The van der Waals surface area contributed by atoms with Crippen molar-refractivity contribution in [1.82, 2.24) is 19.5 Å². The predicted octanol–water partition coefficient (Wildman–Crippen LogP) is 4.61. The van der Waals surface area contributed by atoms with E-state index in [4.69, 9.17) is 10.1 Å². The highest BCUT2D eigenvalue weighted by molar-refractivity contribution is 5.97. The van der Waals surface area contributed by atoms with Gasteiger partial charge in [0.2, 0.25) is 0 Å². The van der Waals surface area contributed by atoms with Crippen LogP contribution in [0.3, 0.4) is 0 Å². The second-order valence-electron chi connectivity index (χ2n) is 10.3. The van der Waals surface area contributed by atoms with Crippen LogP contribution in [0.15, 0.2) is 30.5 Å². The molecule has 5 heterocycles. The number of piperidine rings is 1. The third-order valence-electron chi connectivity index (χ3n) is 7.78. The molecule has 1 amide bonds. The topological polar surface area (TPSA) is 65.8 Å². The molecule has 0 aliphatic carbocycles. The molecule has 0 spiro atoms. The predicted molar refractivity (Wildman–Crippen MR) is 135 cm³/mol. The Labute approximate surface area is 201 Å². The first-order chi connectivity index (χ1) is 16.6. The summed E-state index contributed by atoms with van der Waals surface area (Å²) in [5.41, 5.74) is 6.10. The molecule has 3 aromatic rings. The number of carbonyl (C=O) groups is 1. The minimum absolute atomic E-state index is 0.00841. The van der Waals surface area contributed by atoms with Gasteiger partial charge in [-0.25, -0.2) is 9.50 Å². The average Bonchev–Trinajstić information content (AvgIpc) is 3.48. The number of hydrogen-bond donors (Lipinski definition) is 1. The van der Waals surface area contributed by atoms with Gasteiger partial charge in [0.05, 0.1) is 11.7 Å². The molecule has 0 radical (unpaired) electrons. The van der Waals surface area contributed by atoms with E-state index in [1.807, 2.05) is 16.6 Å². The summed E-state index contributed by atoms with van der Waals surface area (Å²) in [7, 11) is 0. The van der Waals surface area contributed by atoms with Crippen molar-refractivity contribution < 1.29 is 4.79 Å². The quantitative estimate of drug-likeness (QED) is 0.621. The van der Waals surface area contributed by atoms with E-state index < -0.39 is 0 Å². The van der Waals surface area contributed by atoms with Crippen LogP contribution in [-0.4, -0.2) is 51.6 Å². The Bertz CT molecular complexity index is 1230. The van der Waals surface area contributed by atoms with Crippen molar-refractivity contribution in [2.45, 2.75) is 58.4 Å². The van der Waals surface area contributed by atoms with E-state index in [1.165, 1.54) is 12.0 Å². The highest BCUT2D eigenvalue weighted by Crippen LogP contribution is 2.35. The van der Waals surface area contributed by atoms with Crippen LogP contribution in [0, 0.1) is 12.8 Å². The van der Waals surface area contributed by atoms with Crippen LogP contribution in [-0.2, 0) is 6.42 Å². The minimum Gasteiger partial charge on any atom is -0.385 e. The van der Waals surface area contributed by atoms with Crippen molar-refractivity contribution in [3.05, 3.63) is 52.8 Å². The van der Waals surface area contributed by atoms with Crippen molar-refractivity contribution in [3.63, 3.8) is 0 Å². The van der Waals surface area contributed by atoms with E-state index in [0.29, 0.717) is 5.92 Å². The zero-order chi connectivity index (χ0) is 23.2. The first-order valence-electron chi connectivity index (χ1n) is 12.9. The van der Waals surface area contributed by atoms with Gasteiger partial charge in [-0.1, -0.05) is 13.0 Å². The van der Waals surface area contributed by atoms with Gasteiger partial charge in [-0.2, -0.15) is 5.10 Å². The smallest absolute Gasteiger partial charge is 0.254 e. The van der Waals surface area contributed by atoms with Gasteiger partial charge in [0, 0.05) is 55.3 Å². The minimum atomic E-state index is -0.00841. The molecule has 1 aromatic carbocycles. The number of anilines is 2. The molecule has 0 unspecified atom stereocenters. The molecule has 6 rings (SSSR count). The van der Waals surface area contributed by atoms with Crippen molar-refractivity contribution in [3.8, 4) is 0 Å². The van der Waals surface area contributed by atoms with Crippen LogP contribution in [0.4, 0.5) is 11.5 Å². The standard InChI is InChI=1S/C27H34N6O/c1-18-11-14-31(16-18)26-19(2)17-33-25(29-26)15-23(30-33)24-10-3-4-13-32(24)27(34)21-7-5-9-22-20(21)8-6-12-28-22/h5,7,9,15,17-18,24,28H,3-4,6,8,10-14,16H2,1-2H3/t18-,24-/m0/s1. The number of carbonyl (C=O) groups excluding carboxylic acids is 1. The summed E-state index contributed by atoms with van der Waals surface area (Å²) in [6.07, 6.45) is 8.43. The molecule has 0 bridgehead atoms. The lowest BCUT2D eigenvalue weighted by atomic mass is 9.94. The Morgan fingerprint density at radius 2 is 2.06 bits per heavy atom. The molecule has 3 aliphatic heterocycles. The first-order valence-corrected chi connectivity index (χ1v) is 12.9. The molecule has 2 aromatic heterocycles. The Morgan fingerprint density at radius 3 is 2.91 bits per heavy atom. The Hall–Kier alpha value is -3.09. The highest BCUT2D eigenvalue weighted by atomic mass is 16.2. The van der Waals surface area contributed by atoms with E-state index in [0.717, 1.165) is 92.3 Å². The van der Waals surface area contributed by atoms with Crippen molar-refractivity contribution in [2.75, 3.05) is 36.4 Å². The molecule has 3 aliphatic rings.